The summed E-state index contributed by atoms with van der Waals surface area (Å²) < 4.78 is 253. The predicted molar refractivity (Wildman–Crippen MR) is 160 cm³/mol. The van der Waals surface area contributed by atoms with Gasteiger partial charge in [0.15, 0.2) is 58.1 Å². The average molecular weight is 788 g/mol. The smallest absolute Gasteiger partial charge is 0.521 e. The third-order valence-electron chi connectivity index (χ3n) is 9.25. The quantitative estimate of drug-likeness (QED) is 0.0749. The van der Waals surface area contributed by atoms with Crippen molar-refractivity contribution in [2.24, 2.45) is 0 Å². The number of fused-ring (bicyclic) bond motifs is 7. The Bertz CT molecular complexity index is 2730. The minimum atomic E-state index is -5.37. The van der Waals surface area contributed by atoms with Crippen LogP contribution in [0.4, 0.5) is 70.2 Å². The lowest BCUT2D eigenvalue weighted by atomic mass is 9.73. The van der Waals surface area contributed by atoms with E-state index in [4.69, 9.17) is 9.31 Å². The number of halogens is 16. The SMILES string of the molecule is Fc1cc(F)c2c(F)ccc(OB(Oc3c(F)c(F)c(F)c4c3C(F)(F)c3c(F)c(F)c(F)c(F)c3-4)c3c(F)c(F)c(F)c4c3Cc3cccc(F)c3-4)c2c1. The van der Waals surface area contributed by atoms with E-state index in [0.717, 1.165) is 18.2 Å². The highest BCUT2D eigenvalue weighted by Crippen LogP contribution is 2.58. The molecule has 0 fully saturated rings. The summed E-state index contributed by atoms with van der Waals surface area (Å²) in [5.74, 6) is -40.7. The Balaban J connectivity index is 1.44. The molecule has 0 bridgehead atoms. The molecule has 0 saturated carbocycles. The molecule has 0 N–H and O–H groups in total. The van der Waals surface area contributed by atoms with E-state index in [-0.39, 0.29) is 11.6 Å². The van der Waals surface area contributed by atoms with Gasteiger partial charge in [-0.2, -0.15) is 13.2 Å². The maximum Gasteiger partial charge on any atom is 0.636 e. The van der Waals surface area contributed by atoms with Crippen LogP contribution in [0.3, 0.4) is 0 Å². The molecule has 0 heterocycles. The summed E-state index contributed by atoms with van der Waals surface area (Å²) >= 11 is 0. The molecule has 0 aromatic heterocycles. The zero-order valence-electron chi connectivity index (χ0n) is 26.2. The zero-order valence-corrected chi connectivity index (χ0v) is 26.2. The summed E-state index contributed by atoms with van der Waals surface area (Å²) in [6, 6.07) is 4.60. The highest BCUT2D eigenvalue weighted by Gasteiger charge is 2.56. The van der Waals surface area contributed by atoms with Crippen LogP contribution in [0.2, 0.25) is 0 Å². The zero-order chi connectivity index (χ0) is 39.7. The summed E-state index contributed by atoms with van der Waals surface area (Å²) in [6.45, 7) is 0. The second-order valence-electron chi connectivity index (χ2n) is 12.2. The first kappa shape index (κ1) is 36.1. The van der Waals surface area contributed by atoms with Gasteiger partial charge in [-0.05, 0) is 41.8 Å². The minimum absolute atomic E-state index is 0.174. The normalized spacial score (nSPS) is 13.5. The van der Waals surface area contributed by atoms with Gasteiger partial charge in [0.25, 0.3) is 0 Å². The Hall–Kier alpha value is -5.88. The van der Waals surface area contributed by atoms with Crippen LogP contribution in [0.1, 0.15) is 22.3 Å². The highest BCUT2D eigenvalue weighted by molar-refractivity contribution is 6.64. The number of rotatable bonds is 5. The largest absolute Gasteiger partial charge is 0.636 e. The fourth-order valence-electron chi connectivity index (χ4n) is 6.97. The molecular formula is C36H9BF16O2. The van der Waals surface area contributed by atoms with E-state index >= 15 is 43.9 Å². The van der Waals surface area contributed by atoms with E-state index < -0.39 is 168 Å². The van der Waals surface area contributed by atoms with Crippen molar-refractivity contribution in [1.82, 2.24) is 0 Å². The summed E-state index contributed by atoms with van der Waals surface area (Å²) in [5.41, 5.74) is -13.3. The van der Waals surface area contributed by atoms with Crippen LogP contribution in [0.5, 0.6) is 11.5 Å². The van der Waals surface area contributed by atoms with Gasteiger partial charge < -0.3 is 9.31 Å². The first-order chi connectivity index (χ1) is 25.9. The maximum absolute atomic E-state index is 16.1. The molecule has 6 aromatic carbocycles. The Labute approximate surface area is 295 Å². The number of hydrogen-bond donors (Lipinski definition) is 0. The molecule has 280 valence electrons. The topological polar surface area (TPSA) is 18.5 Å². The molecule has 0 aliphatic heterocycles. The highest BCUT2D eigenvalue weighted by atomic mass is 19.3. The van der Waals surface area contributed by atoms with Gasteiger partial charge in [0.1, 0.15) is 29.0 Å². The average Bonchev–Trinajstić information content (AvgIpc) is 3.63. The van der Waals surface area contributed by atoms with E-state index in [1.807, 2.05) is 0 Å². The molecule has 2 nitrogen and oxygen atoms in total. The molecular weight excluding hydrogens is 779 g/mol. The van der Waals surface area contributed by atoms with Gasteiger partial charge in [0, 0.05) is 33.7 Å². The monoisotopic (exact) mass is 788 g/mol. The molecule has 6 aromatic rings. The minimum Gasteiger partial charge on any atom is -0.521 e. The van der Waals surface area contributed by atoms with Crippen LogP contribution < -0.4 is 14.8 Å². The predicted octanol–water partition coefficient (Wildman–Crippen LogP) is 10.3. The molecule has 8 rings (SSSR count). The summed E-state index contributed by atoms with van der Waals surface area (Å²) in [6.07, 6.45) is -0.766. The molecule has 2 aliphatic carbocycles. The van der Waals surface area contributed by atoms with E-state index in [1.54, 1.807) is 0 Å². The van der Waals surface area contributed by atoms with E-state index in [0.29, 0.717) is 18.2 Å². The fourth-order valence-corrected chi connectivity index (χ4v) is 6.97. The molecule has 55 heavy (non-hydrogen) atoms. The number of alkyl halides is 2. The molecule has 19 heteroatoms. The van der Waals surface area contributed by atoms with Gasteiger partial charge in [0.05, 0.1) is 22.0 Å². The van der Waals surface area contributed by atoms with Gasteiger partial charge in [-0.3, -0.25) is 0 Å². The van der Waals surface area contributed by atoms with Gasteiger partial charge in [0.2, 0.25) is 5.82 Å². The molecule has 0 radical (unpaired) electrons. The molecule has 0 atom stereocenters. The van der Waals surface area contributed by atoms with Crippen LogP contribution in [0.15, 0.2) is 42.5 Å². The number of benzene rings is 6. The van der Waals surface area contributed by atoms with Crippen LogP contribution in [-0.4, -0.2) is 7.12 Å². The second kappa shape index (κ2) is 12.1. The Morgan fingerprint density at radius 3 is 1.80 bits per heavy atom. The lowest BCUT2D eigenvalue weighted by molar-refractivity contribution is 0.0404. The van der Waals surface area contributed by atoms with E-state index in [9.17, 15) is 26.3 Å². The van der Waals surface area contributed by atoms with Crippen molar-refractivity contribution in [3.8, 4) is 33.8 Å². The van der Waals surface area contributed by atoms with Crippen LogP contribution in [0.25, 0.3) is 33.0 Å². The Morgan fingerprint density at radius 1 is 0.509 bits per heavy atom. The first-order valence-electron chi connectivity index (χ1n) is 15.2. The molecule has 0 amide bonds. The lowest BCUT2D eigenvalue weighted by Crippen LogP contribution is -2.48. The van der Waals surface area contributed by atoms with E-state index in [2.05, 4.69) is 0 Å². The summed E-state index contributed by atoms with van der Waals surface area (Å²) in [4.78, 5) is 0. The van der Waals surface area contributed by atoms with Crippen molar-refractivity contribution in [1.29, 1.82) is 0 Å². The van der Waals surface area contributed by atoms with Gasteiger partial charge >= 0.3 is 13.0 Å². The standard InChI is InChI=1S/C36H9BF16O2/c38-10-7-11-16(5-4-14(40)18(11)15(41)8-10)54-37(24-12-6-9-2-1-3-13(39)17(9)19(12)25(42)30(47)29(24)46)55-35-23-21(27(44)32(49)34(35)51)20-22(36(23,52)53)28(45)33(50)31(48)26(20)43/h1-5,7-8H,6H2. The van der Waals surface area contributed by atoms with Crippen LogP contribution >= 0.6 is 0 Å². The summed E-state index contributed by atoms with van der Waals surface area (Å²) in [5, 5.41) is -1.95. The van der Waals surface area contributed by atoms with Gasteiger partial charge in [-0.1, -0.05) is 12.1 Å². The van der Waals surface area contributed by atoms with Crippen molar-refractivity contribution < 1.29 is 79.6 Å². The molecule has 0 saturated heterocycles. The van der Waals surface area contributed by atoms with Crippen molar-refractivity contribution in [3.05, 3.63) is 146 Å². The first-order valence-corrected chi connectivity index (χ1v) is 15.2. The summed E-state index contributed by atoms with van der Waals surface area (Å²) in [7, 11) is -3.16. The molecule has 0 unspecified atom stereocenters. The third kappa shape index (κ3) is 4.86. The Kier molecular flexibility index (Phi) is 7.92. The maximum atomic E-state index is 16.1. The van der Waals surface area contributed by atoms with Gasteiger partial charge in [-0.15, -0.1) is 0 Å². The van der Waals surface area contributed by atoms with Gasteiger partial charge in [-0.25, -0.2) is 57.1 Å². The number of hydrogen-bond acceptors (Lipinski definition) is 2. The molecule has 2 aliphatic rings. The second-order valence-corrected chi connectivity index (χ2v) is 12.2. The Morgan fingerprint density at radius 2 is 1.11 bits per heavy atom. The lowest BCUT2D eigenvalue weighted by Gasteiger charge is -2.24. The third-order valence-corrected chi connectivity index (χ3v) is 9.25. The van der Waals surface area contributed by atoms with Crippen molar-refractivity contribution in [3.63, 3.8) is 0 Å². The molecule has 0 spiro atoms. The van der Waals surface area contributed by atoms with Crippen LogP contribution in [0, 0.1) is 81.4 Å². The van der Waals surface area contributed by atoms with Crippen LogP contribution in [-0.2, 0) is 12.3 Å². The fraction of sp³-hybridized carbons (Fsp3) is 0.0556. The van der Waals surface area contributed by atoms with Crippen molar-refractivity contribution in [2.45, 2.75) is 12.3 Å². The van der Waals surface area contributed by atoms with Crippen molar-refractivity contribution >= 4 is 23.4 Å². The van der Waals surface area contributed by atoms with E-state index in [1.165, 1.54) is 0 Å². The van der Waals surface area contributed by atoms with Crippen molar-refractivity contribution in [2.75, 3.05) is 0 Å².